The minimum absolute atomic E-state index is 0.0210. The fourth-order valence-electron chi connectivity index (χ4n) is 1.27. The van der Waals surface area contributed by atoms with E-state index in [1.807, 2.05) is 13.8 Å². The Hall–Kier alpha value is -0.620. The third kappa shape index (κ3) is 4.94. The van der Waals surface area contributed by atoms with Gasteiger partial charge in [0.25, 0.3) is 0 Å². The molecule has 0 heterocycles. The average molecular weight is 249 g/mol. The van der Waals surface area contributed by atoms with Crippen LogP contribution >= 0.6 is 0 Å². The van der Waals surface area contributed by atoms with Crippen LogP contribution in [0.3, 0.4) is 0 Å². The predicted molar refractivity (Wildman–Crippen MR) is 67.0 cm³/mol. The molecule has 0 rings (SSSR count). The van der Waals surface area contributed by atoms with Crippen molar-refractivity contribution in [3.05, 3.63) is 0 Å². The Balaban J connectivity index is 4.73. The van der Waals surface area contributed by atoms with Gasteiger partial charge in [-0.25, -0.2) is 12.7 Å². The minimum Gasteiger partial charge on any atom is -0.388 e. The van der Waals surface area contributed by atoms with Gasteiger partial charge in [0.15, 0.2) is 0 Å². The van der Waals surface area contributed by atoms with Gasteiger partial charge in [-0.2, -0.15) is 0 Å². The number of hydrogen-bond acceptors (Lipinski definition) is 3. The standard InChI is InChI=1S/C10H23N3O2S/c1-8(2)7-13(6-5-10(11)12)16(14,15)9(3)4/h8-9H,5-7H2,1-4H3,(H3,11,12). The van der Waals surface area contributed by atoms with Crippen LogP contribution in [0, 0.1) is 11.3 Å². The zero-order valence-electron chi connectivity index (χ0n) is 10.5. The van der Waals surface area contributed by atoms with Crippen LogP contribution in [0.1, 0.15) is 34.1 Å². The average Bonchev–Trinajstić information content (AvgIpc) is 2.10. The van der Waals surface area contributed by atoms with Gasteiger partial charge in [-0.05, 0) is 19.8 Å². The number of hydrogen-bond donors (Lipinski definition) is 2. The Labute approximate surface area is 98.6 Å². The molecule has 0 aromatic rings. The number of nitrogens with two attached hydrogens (primary N) is 1. The Kier molecular flexibility index (Phi) is 5.96. The van der Waals surface area contributed by atoms with Gasteiger partial charge in [-0.3, -0.25) is 5.41 Å². The highest BCUT2D eigenvalue weighted by atomic mass is 32.2. The van der Waals surface area contributed by atoms with Gasteiger partial charge in [0.2, 0.25) is 10.0 Å². The van der Waals surface area contributed by atoms with E-state index in [2.05, 4.69) is 0 Å². The Morgan fingerprint density at radius 2 is 1.81 bits per heavy atom. The van der Waals surface area contributed by atoms with E-state index in [9.17, 15) is 8.42 Å². The second kappa shape index (κ2) is 6.20. The maximum atomic E-state index is 12.0. The van der Waals surface area contributed by atoms with E-state index in [4.69, 9.17) is 11.1 Å². The lowest BCUT2D eigenvalue weighted by molar-refractivity contribution is 0.370. The lowest BCUT2D eigenvalue weighted by atomic mass is 10.2. The van der Waals surface area contributed by atoms with E-state index >= 15 is 0 Å². The number of nitrogens with zero attached hydrogens (tertiary/aromatic N) is 1. The van der Waals surface area contributed by atoms with E-state index in [0.717, 1.165) is 0 Å². The highest BCUT2D eigenvalue weighted by Gasteiger charge is 2.25. The van der Waals surface area contributed by atoms with Gasteiger partial charge < -0.3 is 5.73 Å². The van der Waals surface area contributed by atoms with Crippen LogP contribution in [0.2, 0.25) is 0 Å². The molecule has 0 amide bonds. The van der Waals surface area contributed by atoms with Crippen molar-refractivity contribution in [2.75, 3.05) is 13.1 Å². The van der Waals surface area contributed by atoms with Crippen LogP contribution in [0.5, 0.6) is 0 Å². The molecule has 0 unspecified atom stereocenters. The molecule has 0 fully saturated rings. The molecule has 0 aromatic heterocycles. The summed E-state index contributed by atoms with van der Waals surface area (Å²) in [7, 11) is -3.25. The molecule has 3 N–H and O–H groups in total. The molecule has 0 aliphatic rings. The lowest BCUT2D eigenvalue weighted by Gasteiger charge is -2.25. The van der Waals surface area contributed by atoms with Crippen molar-refractivity contribution in [2.45, 2.75) is 39.4 Å². The van der Waals surface area contributed by atoms with Crippen molar-refractivity contribution in [3.8, 4) is 0 Å². The van der Waals surface area contributed by atoms with Gasteiger partial charge in [-0.15, -0.1) is 0 Å². The molecule has 16 heavy (non-hydrogen) atoms. The topological polar surface area (TPSA) is 87.2 Å². The van der Waals surface area contributed by atoms with Crippen molar-refractivity contribution >= 4 is 15.9 Å². The van der Waals surface area contributed by atoms with Crippen molar-refractivity contribution < 1.29 is 8.42 Å². The first-order chi connectivity index (χ1) is 7.17. The van der Waals surface area contributed by atoms with E-state index in [1.54, 1.807) is 13.8 Å². The van der Waals surface area contributed by atoms with Gasteiger partial charge in [0.05, 0.1) is 11.1 Å². The first-order valence-electron chi connectivity index (χ1n) is 5.49. The molecular weight excluding hydrogens is 226 g/mol. The zero-order valence-corrected chi connectivity index (χ0v) is 11.3. The predicted octanol–water partition coefficient (Wildman–Crippen LogP) is 1.01. The first-order valence-corrected chi connectivity index (χ1v) is 7.00. The van der Waals surface area contributed by atoms with Crippen molar-refractivity contribution in [2.24, 2.45) is 11.7 Å². The third-order valence-electron chi connectivity index (χ3n) is 2.15. The summed E-state index contributed by atoms with van der Waals surface area (Å²) in [6.45, 7) is 8.04. The third-order valence-corrected chi connectivity index (χ3v) is 4.40. The van der Waals surface area contributed by atoms with Gasteiger partial charge in [0.1, 0.15) is 0 Å². The smallest absolute Gasteiger partial charge is 0.216 e. The molecule has 0 atom stereocenters. The van der Waals surface area contributed by atoms with E-state index in [0.29, 0.717) is 19.5 Å². The molecule has 96 valence electrons. The number of rotatable bonds is 7. The Morgan fingerprint density at radius 1 is 1.31 bits per heavy atom. The normalized spacial score (nSPS) is 12.7. The highest BCUT2D eigenvalue weighted by Crippen LogP contribution is 2.11. The SMILES string of the molecule is CC(C)CN(CCC(=N)N)S(=O)(=O)C(C)C. The van der Waals surface area contributed by atoms with E-state index < -0.39 is 15.3 Å². The first kappa shape index (κ1) is 15.4. The molecule has 0 aromatic carbocycles. The second-order valence-electron chi connectivity index (χ2n) is 4.62. The van der Waals surface area contributed by atoms with Crippen molar-refractivity contribution in [1.29, 1.82) is 5.41 Å². The summed E-state index contributed by atoms with van der Waals surface area (Å²) in [4.78, 5) is 0. The summed E-state index contributed by atoms with van der Waals surface area (Å²) < 4.78 is 25.4. The van der Waals surface area contributed by atoms with Gasteiger partial charge >= 0.3 is 0 Å². The highest BCUT2D eigenvalue weighted by molar-refractivity contribution is 7.89. The summed E-state index contributed by atoms with van der Waals surface area (Å²) in [6, 6.07) is 0. The summed E-state index contributed by atoms with van der Waals surface area (Å²) in [5, 5.41) is 6.71. The maximum Gasteiger partial charge on any atom is 0.216 e. The van der Waals surface area contributed by atoms with Crippen molar-refractivity contribution in [3.63, 3.8) is 0 Å². The second-order valence-corrected chi connectivity index (χ2v) is 7.11. The van der Waals surface area contributed by atoms with Crippen molar-refractivity contribution in [1.82, 2.24) is 4.31 Å². The fourth-order valence-corrected chi connectivity index (χ4v) is 2.72. The fraction of sp³-hybridized carbons (Fsp3) is 0.900. The summed E-state index contributed by atoms with van der Waals surface area (Å²) in [6.07, 6.45) is 0.290. The molecule has 0 aliphatic heterocycles. The number of nitrogens with one attached hydrogen (secondary N) is 1. The lowest BCUT2D eigenvalue weighted by Crippen LogP contribution is -2.40. The molecule has 0 saturated heterocycles. The van der Waals surface area contributed by atoms with Crippen LogP contribution in [-0.4, -0.2) is 36.9 Å². The largest absolute Gasteiger partial charge is 0.388 e. The summed E-state index contributed by atoms with van der Waals surface area (Å²) in [5.41, 5.74) is 5.25. The van der Waals surface area contributed by atoms with Crippen LogP contribution < -0.4 is 5.73 Å². The molecule has 0 spiro atoms. The summed E-state index contributed by atoms with van der Waals surface area (Å²) in [5.74, 6) is 0.285. The minimum atomic E-state index is -3.25. The molecule has 0 aliphatic carbocycles. The molecule has 5 nitrogen and oxygen atoms in total. The quantitative estimate of drug-likeness (QED) is 0.521. The van der Waals surface area contributed by atoms with E-state index in [-0.39, 0.29) is 11.8 Å². The number of amidine groups is 1. The monoisotopic (exact) mass is 249 g/mol. The molecule has 6 heteroatoms. The van der Waals surface area contributed by atoms with Crippen LogP contribution in [0.25, 0.3) is 0 Å². The van der Waals surface area contributed by atoms with Gasteiger partial charge in [0, 0.05) is 19.5 Å². The molecule has 0 saturated carbocycles. The van der Waals surface area contributed by atoms with Gasteiger partial charge in [-0.1, -0.05) is 13.8 Å². The summed E-state index contributed by atoms with van der Waals surface area (Å²) >= 11 is 0. The molecule has 0 bridgehead atoms. The van der Waals surface area contributed by atoms with Crippen LogP contribution in [-0.2, 0) is 10.0 Å². The maximum absolute atomic E-state index is 12.0. The van der Waals surface area contributed by atoms with Crippen LogP contribution in [0.4, 0.5) is 0 Å². The Morgan fingerprint density at radius 3 is 2.12 bits per heavy atom. The number of sulfonamides is 1. The molecule has 0 radical (unpaired) electrons. The molecular formula is C10H23N3O2S. The Bertz CT molecular complexity index is 323. The van der Waals surface area contributed by atoms with E-state index in [1.165, 1.54) is 4.31 Å². The zero-order chi connectivity index (χ0) is 12.9. The van der Waals surface area contributed by atoms with Crippen LogP contribution in [0.15, 0.2) is 0 Å².